The van der Waals surface area contributed by atoms with E-state index in [0.717, 1.165) is 0 Å². The van der Waals surface area contributed by atoms with Gasteiger partial charge in [0.05, 0.1) is 17.8 Å². The van der Waals surface area contributed by atoms with E-state index in [0.29, 0.717) is 32.6 Å². The molecule has 2 heterocycles. The van der Waals surface area contributed by atoms with E-state index in [1.807, 2.05) is 0 Å². The number of rotatable bonds is 7. The van der Waals surface area contributed by atoms with Crippen LogP contribution < -0.4 is 10.6 Å². The van der Waals surface area contributed by atoms with Crippen molar-refractivity contribution in [3.63, 3.8) is 0 Å². The zero-order valence-corrected chi connectivity index (χ0v) is 20.2. The van der Waals surface area contributed by atoms with E-state index >= 15 is 0 Å². The summed E-state index contributed by atoms with van der Waals surface area (Å²) in [5, 5.41) is 14.4. The fourth-order valence-corrected chi connectivity index (χ4v) is 3.98. The van der Waals surface area contributed by atoms with Crippen LogP contribution in [0.3, 0.4) is 0 Å². The van der Waals surface area contributed by atoms with Crippen molar-refractivity contribution in [2.75, 3.05) is 11.9 Å². The van der Waals surface area contributed by atoms with E-state index in [2.05, 4.69) is 20.9 Å². The van der Waals surface area contributed by atoms with Gasteiger partial charge in [0, 0.05) is 16.0 Å². The molecule has 1 atom stereocenters. The van der Waals surface area contributed by atoms with Gasteiger partial charge in [0.15, 0.2) is 5.76 Å². The van der Waals surface area contributed by atoms with Crippen molar-refractivity contribution >= 4 is 57.1 Å². The highest BCUT2D eigenvalue weighted by Gasteiger charge is 2.30. The van der Waals surface area contributed by atoms with Gasteiger partial charge in [-0.25, -0.2) is 9.48 Å². The number of halogens is 1. The minimum absolute atomic E-state index is 0.0739. The fraction of sp³-hybridized carbons (Fsp3) is 0.115. The Morgan fingerprint density at radius 1 is 1.03 bits per heavy atom. The van der Waals surface area contributed by atoms with Crippen LogP contribution in [-0.4, -0.2) is 39.4 Å². The molecule has 0 aliphatic heterocycles. The summed E-state index contributed by atoms with van der Waals surface area (Å²) in [4.78, 5) is 39.3. The second-order valence-corrected chi connectivity index (χ2v) is 8.35. The zero-order chi connectivity index (χ0) is 25.9. The van der Waals surface area contributed by atoms with Crippen LogP contribution in [-0.2, 0) is 9.53 Å². The first-order valence-electron chi connectivity index (χ1n) is 11.3. The third-order valence-corrected chi connectivity index (χ3v) is 5.81. The molecule has 0 bridgehead atoms. The summed E-state index contributed by atoms with van der Waals surface area (Å²) in [5.74, 6) is -1.22. The quantitative estimate of drug-likeness (QED) is 0.292. The monoisotopic (exact) mass is 517 g/mol. The number of hydrogen-bond donors (Lipinski definition) is 2. The molecule has 0 radical (unpaired) electrons. The van der Waals surface area contributed by atoms with Crippen molar-refractivity contribution in [3.8, 4) is 0 Å². The topological polar surface area (TPSA) is 128 Å². The molecule has 0 aliphatic rings. The van der Waals surface area contributed by atoms with Gasteiger partial charge in [0.25, 0.3) is 5.91 Å². The second kappa shape index (κ2) is 10.1. The molecule has 0 fully saturated rings. The van der Waals surface area contributed by atoms with E-state index in [1.165, 1.54) is 4.68 Å². The summed E-state index contributed by atoms with van der Waals surface area (Å²) < 4.78 is 12.1. The number of nitrogens with one attached hydrogen (secondary N) is 2. The number of para-hydroxylation sites is 2. The molecular weight excluding hydrogens is 498 g/mol. The molecule has 11 heteroatoms. The zero-order valence-electron chi connectivity index (χ0n) is 19.5. The van der Waals surface area contributed by atoms with Gasteiger partial charge in [0.2, 0.25) is 11.9 Å². The summed E-state index contributed by atoms with van der Waals surface area (Å²) in [7, 11) is 0. The van der Waals surface area contributed by atoms with Gasteiger partial charge in [-0.2, -0.15) is 0 Å². The lowest BCUT2D eigenvalue weighted by Gasteiger charge is -2.18. The predicted molar refractivity (Wildman–Crippen MR) is 136 cm³/mol. The molecule has 3 aromatic carbocycles. The Labute approximate surface area is 215 Å². The normalized spacial score (nSPS) is 11.8. The number of carbonyl (C=O) groups is 3. The molecule has 1 unspecified atom stereocenters. The molecular formula is C26H20ClN5O5. The smallest absolute Gasteiger partial charge is 0.409 e. The van der Waals surface area contributed by atoms with Crippen LogP contribution >= 0.6 is 11.6 Å². The lowest BCUT2D eigenvalue weighted by atomic mass is 10.1. The molecule has 2 amide bonds. The van der Waals surface area contributed by atoms with Gasteiger partial charge in [0.1, 0.15) is 11.1 Å². The maximum Gasteiger partial charge on any atom is 0.409 e. The molecule has 10 nitrogen and oxygen atoms in total. The largest absolute Gasteiger partial charge is 0.450 e. The number of benzene rings is 3. The Kier molecular flexibility index (Phi) is 6.57. The summed E-state index contributed by atoms with van der Waals surface area (Å²) in [6.45, 7) is 1.75. The van der Waals surface area contributed by atoms with Gasteiger partial charge >= 0.3 is 6.09 Å². The highest BCUT2D eigenvalue weighted by atomic mass is 35.5. The number of furan rings is 1. The van der Waals surface area contributed by atoms with Crippen molar-refractivity contribution in [3.05, 3.63) is 89.1 Å². The van der Waals surface area contributed by atoms with Gasteiger partial charge in [-0.15, -0.1) is 5.10 Å². The van der Waals surface area contributed by atoms with Crippen molar-refractivity contribution in [1.82, 2.24) is 20.3 Å². The molecule has 0 aliphatic carbocycles. The first-order valence-corrected chi connectivity index (χ1v) is 11.7. The number of hydrogen-bond acceptors (Lipinski definition) is 7. The summed E-state index contributed by atoms with van der Waals surface area (Å²) in [6, 6.07) is 20.2. The first kappa shape index (κ1) is 24.0. The van der Waals surface area contributed by atoms with E-state index in [4.69, 9.17) is 20.8 Å². The van der Waals surface area contributed by atoms with Crippen molar-refractivity contribution in [2.24, 2.45) is 0 Å². The number of amides is 2. The summed E-state index contributed by atoms with van der Waals surface area (Å²) >= 11 is 5.97. The minimum atomic E-state index is -1.35. The molecule has 0 spiro atoms. The van der Waals surface area contributed by atoms with Crippen LogP contribution in [0.5, 0.6) is 0 Å². The SMILES string of the molecule is CCOC(=O)NC(C(=O)Nc1c(C(=O)c2ccc(Cl)cc2)oc2ccccc12)n1nnc2ccccc21. The lowest BCUT2D eigenvalue weighted by Crippen LogP contribution is -2.41. The van der Waals surface area contributed by atoms with Crippen LogP contribution in [0.2, 0.25) is 5.02 Å². The van der Waals surface area contributed by atoms with Gasteiger partial charge in [-0.05, 0) is 55.5 Å². The minimum Gasteiger partial charge on any atom is -0.450 e. The van der Waals surface area contributed by atoms with E-state index in [9.17, 15) is 14.4 Å². The van der Waals surface area contributed by atoms with Crippen molar-refractivity contribution < 1.29 is 23.5 Å². The number of aromatic nitrogens is 3. The van der Waals surface area contributed by atoms with E-state index < -0.39 is 23.9 Å². The van der Waals surface area contributed by atoms with E-state index in [-0.39, 0.29) is 18.1 Å². The highest BCUT2D eigenvalue weighted by Crippen LogP contribution is 2.33. The average Bonchev–Trinajstić information content (AvgIpc) is 3.49. The summed E-state index contributed by atoms with van der Waals surface area (Å²) in [5.41, 5.74) is 1.91. The third kappa shape index (κ3) is 4.74. The molecule has 5 aromatic rings. The number of nitrogens with zero attached hydrogens (tertiary/aromatic N) is 3. The van der Waals surface area contributed by atoms with Gasteiger partial charge < -0.3 is 14.5 Å². The molecule has 2 aromatic heterocycles. The number of ketones is 1. The van der Waals surface area contributed by atoms with E-state index in [1.54, 1.807) is 79.7 Å². The number of ether oxygens (including phenoxy) is 1. The van der Waals surface area contributed by atoms with Gasteiger partial charge in [-0.1, -0.05) is 41.1 Å². The highest BCUT2D eigenvalue weighted by molar-refractivity contribution is 6.30. The molecule has 0 saturated heterocycles. The molecule has 186 valence electrons. The standard InChI is InChI=1S/C26H20ClN5O5/c1-2-36-26(35)29-24(32-19-9-5-4-8-18(19)30-31-32)25(34)28-21-17-7-3-6-10-20(17)37-23(21)22(33)15-11-13-16(27)14-12-15/h3-14,24H,2H2,1H3,(H,28,34)(H,29,35). The van der Waals surface area contributed by atoms with Crippen molar-refractivity contribution in [1.29, 1.82) is 0 Å². The Morgan fingerprint density at radius 3 is 2.54 bits per heavy atom. The summed E-state index contributed by atoms with van der Waals surface area (Å²) in [6.07, 6.45) is -2.17. The molecule has 37 heavy (non-hydrogen) atoms. The maximum absolute atomic E-state index is 13.7. The Morgan fingerprint density at radius 2 is 1.76 bits per heavy atom. The molecule has 0 saturated carbocycles. The number of anilines is 1. The Balaban J connectivity index is 1.56. The predicted octanol–water partition coefficient (Wildman–Crippen LogP) is 4.95. The van der Waals surface area contributed by atoms with Gasteiger partial charge in [-0.3, -0.25) is 14.9 Å². The van der Waals surface area contributed by atoms with Crippen molar-refractivity contribution in [2.45, 2.75) is 13.1 Å². The Hall–Kier alpha value is -4.70. The Bertz CT molecular complexity index is 1630. The number of carbonyl (C=O) groups excluding carboxylic acids is 3. The first-order chi connectivity index (χ1) is 18.0. The molecule has 2 N–H and O–H groups in total. The number of alkyl carbamates (subject to hydrolysis) is 1. The van der Waals surface area contributed by atoms with Crippen LogP contribution in [0.1, 0.15) is 29.2 Å². The van der Waals surface area contributed by atoms with Crippen LogP contribution in [0, 0.1) is 0 Å². The second-order valence-electron chi connectivity index (χ2n) is 7.92. The molecule has 5 rings (SSSR count). The van der Waals surface area contributed by atoms with Crippen LogP contribution in [0.15, 0.2) is 77.2 Å². The maximum atomic E-state index is 13.7. The fourth-order valence-electron chi connectivity index (χ4n) is 3.85. The lowest BCUT2D eigenvalue weighted by molar-refractivity contribution is -0.120. The van der Waals surface area contributed by atoms with Crippen LogP contribution in [0.25, 0.3) is 22.0 Å². The average molecular weight is 518 g/mol. The van der Waals surface area contributed by atoms with Crippen LogP contribution in [0.4, 0.5) is 10.5 Å². The number of fused-ring (bicyclic) bond motifs is 2. The third-order valence-electron chi connectivity index (χ3n) is 5.56.